The number of hydrogen-bond acceptors (Lipinski definition) is 5. The van der Waals surface area contributed by atoms with Gasteiger partial charge < -0.3 is 10.2 Å². The van der Waals surface area contributed by atoms with Crippen molar-refractivity contribution in [3.05, 3.63) is 62.9 Å². The zero-order chi connectivity index (χ0) is 23.3. The molecule has 0 aliphatic rings. The van der Waals surface area contributed by atoms with Crippen molar-refractivity contribution in [3.8, 4) is 0 Å². The molecule has 0 bridgehead atoms. The van der Waals surface area contributed by atoms with Crippen LogP contribution in [0.15, 0.2) is 52.4 Å². The van der Waals surface area contributed by atoms with E-state index in [0.717, 1.165) is 18.2 Å². The third-order valence-corrected chi connectivity index (χ3v) is 6.13. The van der Waals surface area contributed by atoms with Gasteiger partial charge in [-0.1, -0.05) is 54.0 Å². The lowest BCUT2D eigenvalue weighted by Crippen LogP contribution is -2.36. The summed E-state index contributed by atoms with van der Waals surface area (Å²) in [5, 5.41) is 4.50. The Balaban J connectivity index is 1.69. The number of carbonyl (C=O) groups excluding carboxylic acids is 2. The molecule has 1 heterocycles. The topological polar surface area (TPSA) is 84.3 Å². The first-order chi connectivity index (χ1) is 15.3. The molecule has 2 amide bonds. The summed E-state index contributed by atoms with van der Waals surface area (Å²) in [5.74, 6) is -0.605. The average Bonchev–Trinajstić information content (AvgIpc) is 2.75. The number of hydrogen-bond donors (Lipinski definition) is 1. The number of amides is 2. The van der Waals surface area contributed by atoms with E-state index in [9.17, 15) is 14.4 Å². The molecule has 10 heteroatoms. The summed E-state index contributed by atoms with van der Waals surface area (Å²) < 4.78 is 1.57. The highest BCUT2D eigenvalue weighted by atomic mass is 35.5. The first-order valence-electron chi connectivity index (χ1n) is 9.91. The lowest BCUT2D eigenvalue weighted by atomic mass is 10.2. The van der Waals surface area contributed by atoms with Crippen molar-refractivity contribution in [1.29, 1.82) is 0 Å². The number of fused-ring (bicyclic) bond motifs is 1. The average molecular weight is 493 g/mol. The number of carbonyl (C=O) groups is 2. The molecule has 0 saturated heterocycles. The monoisotopic (exact) mass is 492 g/mol. The summed E-state index contributed by atoms with van der Waals surface area (Å²) in [6.07, 6.45) is 0.740. The van der Waals surface area contributed by atoms with E-state index in [0.29, 0.717) is 38.3 Å². The van der Waals surface area contributed by atoms with Gasteiger partial charge in [0, 0.05) is 18.6 Å². The number of rotatable bonds is 8. The van der Waals surface area contributed by atoms with Crippen LogP contribution in [0.25, 0.3) is 10.9 Å². The Kier molecular flexibility index (Phi) is 8.17. The summed E-state index contributed by atoms with van der Waals surface area (Å²) in [5.41, 5.74) is 0.796. The van der Waals surface area contributed by atoms with Gasteiger partial charge in [0.2, 0.25) is 11.8 Å². The number of halogens is 2. The summed E-state index contributed by atoms with van der Waals surface area (Å²) in [4.78, 5) is 43.6. The van der Waals surface area contributed by atoms with Crippen LogP contribution in [0.3, 0.4) is 0 Å². The predicted octanol–water partition coefficient (Wildman–Crippen LogP) is 4.30. The van der Waals surface area contributed by atoms with Crippen molar-refractivity contribution in [2.75, 3.05) is 24.7 Å². The van der Waals surface area contributed by atoms with E-state index in [-0.39, 0.29) is 29.7 Å². The molecular formula is C22H22Cl2N4O3S. The normalized spacial score (nSPS) is 10.9. The SMILES string of the molecule is CCCn1c(SCC(=O)N(C)CC(=O)Nc2ccccc2Cl)nc2cc(Cl)ccc2c1=O. The van der Waals surface area contributed by atoms with Crippen LogP contribution in [-0.4, -0.2) is 45.6 Å². The number of benzene rings is 2. The van der Waals surface area contributed by atoms with Crippen molar-refractivity contribution in [3.63, 3.8) is 0 Å². The molecule has 1 aromatic heterocycles. The van der Waals surface area contributed by atoms with Crippen LogP contribution in [-0.2, 0) is 16.1 Å². The minimum absolute atomic E-state index is 0.0259. The zero-order valence-electron chi connectivity index (χ0n) is 17.6. The van der Waals surface area contributed by atoms with E-state index < -0.39 is 0 Å². The molecule has 3 rings (SSSR count). The highest BCUT2D eigenvalue weighted by Gasteiger charge is 2.17. The van der Waals surface area contributed by atoms with E-state index in [2.05, 4.69) is 10.3 Å². The smallest absolute Gasteiger partial charge is 0.262 e. The molecule has 0 saturated carbocycles. The first kappa shape index (κ1) is 24.1. The van der Waals surface area contributed by atoms with Crippen LogP contribution in [0.5, 0.6) is 0 Å². The van der Waals surface area contributed by atoms with Crippen molar-refractivity contribution in [2.45, 2.75) is 25.0 Å². The highest BCUT2D eigenvalue weighted by molar-refractivity contribution is 7.99. The molecule has 0 atom stereocenters. The van der Waals surface area contributed by atoms with Gasteiger partial charge in [-0.15, -0.1) is 0 Å². The summed E-state index contributed by atoms with van der Waals surface area (Å²) in [7, 11) is 1.54. The Morgan fingerprint density at radius 1 is 1.19 bits per heavy atom. The number of para-hydroxylation sites is 1. The van der Waals surface area contributed by atoms with E-state index in [1.54, 1.807) is 54.1 Å². The maximum absolute atomic E-state index is 12.9. The third kappa shape index (κ3) is 5.82. The van der Waals surface area contributed by atoms with E-state index >= 15 is 0 Å². The number of likely N-dealkylation sites (N-methyl/N-ethyl adjacent to an activating group) is 1. The molecule has 0 radical (unpaired) electrons. The fourth-order valence-electron chi connectivity index (χ4n) is 3.00. The number of anilines is 1. The summed E-state index contributed by atoms with van der Waals surface area (Å²) >= 11 is 13.3. The van der Waals surface area contributed by atoms with Crippen molar-refractivity contribution in [1.82, 2.24) is 14.5 Å². The van der Waals surface area contributed by atoms with Crippen LogP contribution in [0.1, 0.15) is 13.3 Å². The van der Waals surface area contributed by atoms with Gasteiger partial charge in [0.15, 0.2) is 5.16 Å². The van der Waals surface area contributed by atoms with Crippen LogP contribution >= 0.6 is 35.0 Å². The number of nitrogens with one attached hydrogen (secondary N) is 1. The second-order valence-corrected chi connectivity index (χ2v) is 8.87. The van der Waals surface area contributed by atoms with Gasteiger partial charge in [-0.2, -0.15) is 0 Å². The fraction of sp³-hybridized carbons (Fsp3) is 0.273. The maximum atomic E-state index is 12.9. The summed E-state index contributed by atoms with van der Waals surface area (Å²) in [6.45, 7) is 2.31. The molecule has 0 fully saturated rings. The van der Waals surface area contributed by atoms with Gasteiger partial charge in [-0.3, -0.25) is 19.0 Å². The number of nitrogens with zero attached hydrogens (tertiary/aromatic N) is 3. The molecule has 3 aromatic rings. The maximum Gasteiger partial charge on any atom is 0.262 e. The molecule has 0 spiro atoms. The van der Waals surface area contributed by atoms with Crippen LogP contribution in [0.2, 0.25) is 10.0 Å². The van der Waals surface area contributed by atoms with Crippen LogP contribution in [0, 0.1) is 0 Å². The van der Waals surface area contributed by atoms with Crippen molar-refractivity contribution >= 4 is 63.4 Å². The molecule has 0 aliphatic heterocycles. The third-order valence-electron chi connectivity index (χ3n) is 4.61. The minimum Gasteiger partial charge on any atom is -0.336 e. The molecule has 32 heavy (non-hydrogen) atoms. The van der Waals surface area contributed by atoms with Gasteiger partial charge in [0.05, 0.1) is 33.9 Å². The molecule has 168 valence electrons. The standard InChI is InChI=1S/C22H22Cl2N4O3S/c1-3-10-28-21(31)15-9-8-14(23)11-18(15)26-22(28)32-13-20(30)27(2)12-19(29)25-17-7-5-4-6-16(17)24/h4-9,11H,3,10,12-13H2,1-2H3,(H,25,29). The Bertz CT molecular complexity index is 1220. The first-order valence-corrected chi connectivity index (χ1v) is 11.7. The Labute approximate surface area is 199 Å². The molecule has 0 aliphatic carbocycles. The molecule has 1 N–H and O–H groups in total. The van der Waals surface area contributed by atoms with Crippen LogP contribution < -0.4 is 10.9 Å². The van der Waals surface area contributed by atoms with Gasteiger partial charge in [0.25, 0.3) is 5.56 Å². The van der Waals surface area contributed by atoms with Crippen molar-refractivity contribution < 1.29 is 9.59 Å². The zero-order valence-corrected chi connectivity index (χ0v) is 19.9. The molecule has 2 aromatic carbocycles. The highest BCUT2D eigenvalue weighted by Crippen LogP contribution is 2.22. The van der Waals surface area contributed by atoms with Gasteiger partial charge in [-0.05, 0) is 36.8 Å². The Morgan fingerprint density at radius 2 is 1.94 bits per heavy atom. The predicted molar refractivity (Wildman–Crippen MR) is 130 cm³/mol. The van der Waals surface area contributed by atoms with Crippen molar-refractivity contribution in [2.24, 2.45) is 0 Å². The molecule has 0 unspecified atom stereocenters. The Hall–Kier alpha value is -2.55. The largest absolute Gasteiger partial charge is 0.336 e. The number of thioether (sulfide) groups is 1. The quantitative estimate of drug-likeness (QED) is 0.374. The lowest BCUT2D eigenvalue weighted by molar-refractivity contribution is -0.131. The van der Waals surface area contributed by atoms with Gasteiger partial charge in [-0.25, -0.2) is 4.98 Å². The fourth-order valence-corrected chi connectivity index (χ4v) is 4.31. The summed E-state index contributed by atoms with van der Waals surface area (Å²) in [6, 6.07) is 11.8. The van der Waals surface area contributed by atoms with E-state index in [1.165, 1.54) is 4.90 Å². The second-order valence-electron chi connectivity index (χ2n) is 7.08. The molecule has 7 nitrogen and oxygen atoms in total. The van der Waals surface area contributed by atoms with E-state index in [1.807, 2.05) is 6.92 Å². The number of aromatic nitrogens is 2. The second kappa shape index (κ2) is 10.8. The van der Waals surface area contributed by atoms with Gasteiger partial charge >= 0.3 is 0 Å². The van der Waals surface area contributed by atoms with Crippen LogP contribution in [0.4, 0.5) is 5.69 Å². The minimum atomic E-state index is -0.361. The Morgan fingerprint density at radius 3 is 2.66 bits per heavy atom. The van der Waals surface area contributed by atoms with E-state index in [4.69, 9.17) is 23.2 Å². The lowest BCUT2D eigenvalue weighted by Gasteiger charge is -2.18. The molecular weight excluding hydrogens is 471 g/mol. The van der Waals surface area contributed by atoms with Gasteiger partial charge in [0.1, 0.15) is 0 Å².